The Morgan fingerprint density at radius 2 is 1.52 bits per heavy atom. The molecule has 1 fully saturated rings. The van der Waals surface area contributed by atoms with Crippen LogP contribution in [0.2, 0.25) is 0 Å². The first-order chi connectivity index (χ1) is 11.0. The third-order valence-corrected chi connectivity index (χ3v) is 4.62. The molecule has 3 nitrogen and oxygen atoms in total. The molecule has 0 radical (unpaired) electrons. The molecule has 1 amide bonds. The standard InChI is InChI=1S/C20H31NO2/c1-20(2,23)14-13-17-9-11-18(12-10-17)19(22)21-15-7-5-3-4-6-8-16-21/h9-12,23H,3-8,13-16H2,1-2H3. The molecule has 0 aromatic heterocycles. The molecule has 1 aliphatic rings. The van der Waals surface area contributed by atoms with Crippen LogP contribution in [0.15, 0.2) is 24.3 Å². The Morgan fingerprint density at radius 3 is 2.04 bits per heavy atom. The van der Waals surface area contributed by atoms with E-state index in [1.807, 2.05) is 43.0 Å². The number of rotatable bonds is 4. The van der Waals surface area contributed by atoms with Crippen molar-refractivity contribution in [2.75, 3.05) is 13.1 Å². The van der Waals surface area contributed by atoms with E-state index in [2.05, 4.69) is 0 Å². The summed E-state index contributed by atoms with van der Waals surface area (Å²) in [7, 11) is 0. The number of carbonyl (C=O) groups is 1. The van der Waals surface area contributed by atoms with Gasteiger partial charge < -0.3 is 10.0 Å². The lowest BCUT2D eigenvalue weighted by atomic mass is 9.98. The molecule has 0 spiro atoms. The fourth-order valence-corrected chi connectivity index (χ4v) is 3.07. The molecule has 1 aromatic rings. The molecule has 2 rings (SSSR count). The second-order valence-electron chi connectivity index (χ2n) is 7.42. The van der Waals surface area contributed by atoms with E-state index in [1.165, 1.54) is 31.2 Å². The molecule has 0 bridgehead atoms. The molecule has 1 aliphatic heterocycles. The van der Waals surface area contributed by atoms with Crippen LogP contribution in [0.1, 0.15) is 74.7 Å². The highest BCUT2D eigenvalue weighted by molar-refractivity contribution is 5.94. The second kappa shape index (κ2) is 8.49. The Labute approximate surface area is 140 Å². The van der Waals surface area contributed by atoms with E-state index in [1.54, 1.807) is 0 Å². The van der Waals surface area contributed by atoms with E-state index in [9.17, 15) is 9.90 Å². The minimum atomic E-state index is -0.641. The molecular weight excluding hydrogens is 286 g/mol. The summed E-state index contributed by atoms with van der Waals surface area (Å²) in [6, 6.07) is 7.92. The van der Waals surface area contributed by atoms with Crippen molar-refractivity contribution in [3.8, 4) is 0 Å². The van der Waals surface area contributed by atoms with Crippen LogP contribution in [-0.4, -0.2) is 34.6 Å². The zero-order chi connectivity index (χ0) is 16.7. The molecule has 23 heavy (non-hydrogen) atoms. The highest BCUT2D eigenvalue weighted by Crippen LogP contribution is 2.16. The highest BCUT2D eigenvalue weighted by Gasteiger charge is 2.16. The van der Waals surface area contributed by atoms with Crippen LogP contribution in [0.3, 0.4) is 0 Å². The lowest BCUT2D eigenvalue weighted by Gasteiger charge is -2.22. The van der Waals surface area contributed by atoms with Crippen molar-refractivity contribution in [3.63, 3.8) is 0 Å². The first-order valence-corrected chi connectivity index (χ1v) is 9.06. The van der Waals surface area contributed by atoms with Crippen LogP contribution in [-0.2, 0) is 6.42 Å². The summed E-state index contributed by atoms with van der Waals surface area (Å²) < 4.78 is 0. The third kappa shape index (κ3) is 6.34. The Morgan fingerprint density at radius 1 is 1.00 bits per heavy atom. The lowest BCUT2D eigenvalue weighted by molar-refractivity contribution is 0.0711. The maximum atomic E-state index is 12.7. The Hall–Kier alpha value is -1.35. The van der Waals surface area contributed by atoms with Gasteiger partial charge in [0.25, 0.3) is 5.91 Å². The highest BCUT2D eigenvalue weighted by atomic mass is 16.3. The number of hydrogen-bond donors (Lipinski definition) is 1. The minimum absolute atomic E-state index is 0.168. The van der Waals surface area contributed by atoms with Crippen molar-refractivity contribution >= 4 is 5.91 Å². The average Bonchev–Trinajstić information content (AvgIpc) is 2.66. The van der Waals surface area contributed by atoms with Gasteiger partial charge in [-0.05, 0) is 57.2 Å². The largest absolute Gasteiger partial charge is 0.390 e. The van der Waals surface area contributed by atoms with Gasteiger partial charge in [0.2, 0.25) is 0 Å². The summed E-state index contributed by atoms with van der Waals surface area (Å²) in [5.41, 5.74) is 1.32. The first kappa shape index (κ1) is 18.0. The van der Waals surface area contributed by atoms with E-state index in [-0.39, 0.29) is 5.91 Å². The van der Waals surface area contributed by atoms with E-state index in [4.69, 9.17) is 0 Å². The zero-order valence-electron chi connectivity index (χ0n) is 14.7. The lowest BCUT2D eigenvalue weighted by Crippen LogP contribution is -2.32. The fourth-order valence-electron chi connectivity index (χ4n) is 3.07. The van der Waals surface area contributed by atoms with Crippen LogP contribution < -0.4 is 0 Å². The molecule has 1 heterocycles. The SMILES string of the molecule is CC(C)(O)CCc1ccc(C(=O)N2CCCCCCCC2)cc1. The van der Waals surface area contributed by atoms with E-state index in [0.29, 0.717) is 0 Å². The van der Waals surface area contributed by atoms with Gasteiger partial charge in [-0.3, -0.25) is 4.79 Å². The molecule has 0 aliphatic carbocycles. The summed E-state index contributed by atoms with van der Waals surface area (Å²) >= 11 is 0. The molecule has 0 saturated carbocycles. The summed E-state index contributed by atoms with van der Waals surface area (Å²) in [5.74, 6) is 0.168. The number of amides is 1. The van der Waals surface area contributed by atoms with Gasteiger partial charge in [-0.1, -0.05) is 37.8 Å². The zero-order valence-corrected chi connectivity index (χ0v) is 14.7. The fraction of sp³-hybridized carbons (Fsp3) is 0.650. The van der Waals surface area contributed by atoms with Crippen LogP contribution in [0.5, 0.6) is 0 Å². The number of nitrogens with zero attached hydrogens (tertiary/aromatic N) is 1. The third-order valence-electron chi connectivity index (χ3n) is 4.62. The predicted molar refractivity (Wildman–Crippen MR) is 94.7 cm³/mol. The van der Waals surface area contributed by atoms with Crippen molar-refractivity contribution in [3.05, 3.63) is 35.4 Å². The molecule has 1 saturated heterocycles. The van der Waals surface area contributed by atoms with Gasteiger partial charge in [0, 0.05) is 18.7 Å². The summed E-state index contributed by atoms with van der Waals surface area (Å²) in [6.45, 7) is 5.43. The normalized spacial score (nSPS) is 17.3. The molecule has 3 heteroatoms. The molecule has 0 unspecified atom stereocenters. The second-order valence-corrected chi connectivity index (χ2v) is 7.42. The Kier molecular flexibility index (Phi) is 6.64. The van der Waals surface area contributed by atoms with Gasteiger partial charge in [-0.15, -0.1) is 0 Å². The number of aryl methyl sites for hydroxylation is 1. The van der Waals surface area contributed by atoms with Crippen LogP contribution in [0.25, 0.3) is 0 Å². The van der Waals surface area contributed by atoms with Crippen LogP contribution >= 0.6 is 0 Å². The summed E-state index contributed by atoms with van der Waals surface area (Å²) in [5, 5.41) is 9.80. The minimum Gasteiger partial charge on any atom is -0.390 e. The number of benzene rings is 1. The monoisotopic (exact) mass is 317 g/mol. The van der Waals surface area contributed by atoms with E-state index in [0.717, 1.165) is 44.3 Å². The smallest absolute Gasteiger partial charge is 0.253 e. The van der Waals surface area contributed by atoms with Crippen molar-refractivity contribution in [2.45, 2.75) is 70.8 Å². The molecule has 0 atom stereocenters. The van der Waals surface area contributed by atoms with Crippen LogP contribution in [0.4, 0.5) is 0 Å². The Balaban J connectivity index is 1.95. The van der Waals surface area contributed by atoms with Gasteiger partial charge in [0.15, 0.2) is 0 Å². The first-order valence-electron chi connectivity index (χ1n) is 9.06. The van der Waals surface area contributed by atoms with Crippen molar-refractivity contribution in [2.24, 2.45) is 0 Å². The van der Waals surface area contributed by atoms with Gasteiger partial charge in [0.05, 0.1) is 5.60 Å². The van der Waals surface area contributed by atoms with Gasteiger partial charge >= 0.3 is 0 Å². The topological polar surface area (TPSA) is 40.5 Å². The summed E-state index contributed by atoms with van der Waals surface area (Å²) in [4.78, 5) is 14.7. The maximum absolute atomic E-state index is 12.7. The number of aliphatic hydroxyl groups is 1. The number of hydrogen-bond acceptors (Lipinski definition) is 2. The number of carbonyl (C=O) groups excluding carboxylic acids is 1. The van der Waals surface area contributed by atoms with Crippen molar-refractivity contribution in [1.82, 2.24) is 4.90 Å². The molecular formula is C20H31NO2. The van der Waals surface area contributed by atoms with Crippen LogP contribution in [0, 0.1) is 0 Å². The van der Waals surface area contributed by atoms with Gasteiger partial charge in [-0.25, -0.2) is 0 Å². The molecule has 1 N–H and O–H groups in total. The average molecular weight is 317 g/mol. The predicted octanol–water partition coefficient (Wildman–Crippen LogP) is 4.19. The van der Waals surface area contributed by atoms with E-state index >= 15 is 0 Å². The van der Waals surface area contributed by atoms with Gasteiger partial charge in [0.1, 0.15) is 0 Å². The van der Waals surface area contributed by atoms with Crippen molar-refractivity contribution < 1.29 is 9.90 Å². The quantitative estimate of drug-likeness (QED) is 0.904. The van der Waals surface area contributed by atoms with E-state index < -0.39 is 5.60 Å². The Bertz CT molecular complexity index is 477. The van der Waals surface area contributed by atoms with Crippen molar-refractivity contribution in [1.29, 1.82) is 0 Å². The summed E-state index contributed by atoms with van der Waals surface area (Å²) in [6.07, 6.45) is 8.88. The molecule has 128 valence electrons. The maximum Gasteiger partial charge on any atom is 0.253 e. The van der Waals surface area contributed by atoms with Gasteiger partial charge in [-0.2, -0.15) is 0 Å². The molecule has 1 aromatic carbocycles.